The number of alkyl halides is 3. The summed E-state index contributed by atoms with van der Waals surface area (Å²) in [6.45, 7) is 0. The van der Waals surface area contributed by atoms with Crippen molar-refractivity contribution in [2.45, 2.75) is 6.18 Å². The molecule has 3 aromatic rings. The van der Waals surface area contributed by atoms with E-state index < -0.39 is 23.5 Å². The minimum atomic E-state index is -4.40. The molecular weight excluding hydrogens is 362 g/mol. The largest absolute Gasteiger partial charge is 0.416 e. The first-order chi connectivity index (χ1) is 12.8. The van der Waals surface area contributed by atoms with E-state index >= 15 is 0 Å². The predicted molar refractivity (Wildman–Crippen MR) is 93.3 cm³/mol. The van der Waals surface area contributed by atoms with Crippen molar-refractivity contribution < 1.29 is 22.4 Å². The number of hydrogen-bond acceptors (Lipinski definition) is 3. The van der Waals surface area contributed by atoms with Gasteiger partial charge in [0, 0.05) is 17.6 Å². The number of hydrogen-bond donors (Lipinski definition) is 2. The quantitative estimate of drug-likeness (QED) is 0.614. The standard InChI is InChI=1S/C19H13F4N3O/c20-14-3-7-16(8-4-14)26-18(27)12-9-17(11-24-10-12)25-15-5-1-13(2-6-15)19(21,22)23/h1-11,25H,(H,26,27). The van der Waals surface area contributed by atoms with E-state index in [9.17, 15) is 22.4 Å². The fourth-order valence-electron chi connectivity index (χ4n) is 2.28. The van der Waals surface area contributed by atoms with E-state index in [0.717, 1.165) is 12.1 Å². The lowest BCUT2D eigenvalue weighted by Crippen LogP contribution is -2.12. The maximum absolute atomic E-state index is 12.9. The van der Waals surface area contributed by atoms with Gasteiger partial charge in [0.1, 0.15) is 5.82 Å². The monoisotopic (exact) mass is 375 g/mol. The second-order valence-corrected chi connectivity index (χ2v) is 5.62. The van der Waals surface area contributed by atoms with Crippen LogP contribution in [-0.2, 0) is 6.18 Å². The van der Waals surface area contributed by atoms with Gasteiger partial charge in [0.15, 0.2) is 0 Å². The van der Waals surface area contributed by atoms with Crippen molar-refractivity contribution in [3.8, 4) is 0 Å². The van der Waals surface area contributed by atoms with Crippen LogP contribution in [-0.4, -0.2) is 10.9 Å². The fourth-order valence-corrected chi connectivity index (χ4v) is 2.28. The summed E-state index contributed by atoms with van der Waals surface area (Å²) in [5.74, 6) is -0.873. The number of carbonyl (C=O) groups is 1. The van der Waals surface area contributed by atoms with Gasteiger partial charge in [-0.25, -0.2) is 4.39 Å². The molecule has 8 heteroatoms. The molecule has 4 nitrogen and oxygen atoms in total. The topological polar surface area (TPSA) is 54.0 Å². The highest BCUT2D eigenvalue weighted by molar-refractivity contribution is 6.04. The number of anilines is 3. The molecule has 0 fully saturated rings. The van der Waals surface area contributed by atoms with Gasteiger partial charge in [-0.2, -0.15) is 13.2 Å². The zero-order valence-corrected chi connectivity index (χ0v) is 13.7. The third-order valence-electron chi connectivity index (χ3n) is 3.60. The minimum Gasteiger partial charge on any atom is -0.354 e. The molecule has 1 aromatic heterocycles. The molecule has 0 radical (unpaired) electrons. The van der Waals surface area contributed by atoms with Crippen molar-refractivity contribution >= 4 is 23.0 Å². The summed E-state index contributed by atoms with van der Waals surface area (Å²) in [6, 6.07) is 11.3. The molecule has 0 saturated carbocycles. The minimum absolute atomic E-state index is 0.233. The van der Waals surface area contributed by atoms with Gasteiger partial charge in [0.25, 0.3) is 5.91 Å². The fraction of sp³-hybridized carbons (Fsp3) is 0.0526. The third kappa shape index (κ3) is 4.81. The van der Waals surface area contributed by atoms with Crippen molar-refractivity contribution in [3.05, 3.63) is 83.9 Å². The second-order valence-electron chi connectivity index (χ2n) is 5.62. The Morgan fingerprint density at radius 2 is 1.48 bits per heavy atom. The first-order valence-corrected chi connectivity index (χ1v) is 7.77. The van der Waals surface area contributed by atoms with E-state index in [4.69, 9.17) is 0 Å². The van der Waals surface area contributed by atoms with Gasteiger partial charge in [-0.15, -0.1) is 0 Å². The number of nitrogens with zero attached hydrogens (tertiary/aromatic N) is 1. The predicted octanol–water partition coefficient (Wildman–Crippen LogP) is 5.24. The molecule has 27 heavy (non-hydrogen) atoms. The Morgan fingerprint density at radius 3 is 2.11 bits per heavy atom. The molecule has 1 amide bonds. The zero-order chi connectivity index (χ0) is 19.4. The average Bonchev–Trinajstić information content (AvgIpc) is 2.63. The van der Waals surface area contributed by atoms with Crippen LogP contribution in [0, 0.1) is 5.82 Å². The van der Waals surface area contributed by atoms with Crippen molar-refractivity contribution in [1.29, 1.82) is 0 Å². The van der Waals surface area contributed by atoms with E-state index in [0.29, 0.717) is 17.1 Å². The van der Waals surface area contributed by atoms with E-state index in [-0.39, 0.29) is 5.56 Å². The van der Waals surface area contributed by atoms with E-state index in [2.05, 4.69) is 15.6 Å². The smallest absolute Gasteiger partial charge is 0.354 e. The van der Waals surface area contributed by atoms with Crippen LogP contribution in [0.25, 0.3) is 0 Å². The zero-order valence-electron chi connectivity index (χ0n) is 13.7. The molecule has 0 saturated heterocycles. The Bertz CT molecular complexity index is 938. The van der Waals surface area contributed by atoms with Gasteiger partial charge in [0.2, 0.25) is 0 Å². The van der Waals surface area contributed by atoms with Gasteiger partial charge >= 0.3 is 6.18 Å². The van der Waals surface area contributed by atoms with Crippen LogP contribution in [0.3, 0.4) is 0 Å². The second kappa shape index (κ2) is 7.45. The number of amides is 1. The summed E-state index contributed by atoms with van der Waals surface area (Å²) in [6.07, 6.45) is -1.62. The molecular formula is C19H13F4N3O. The van der Waals surface area contributed by atoms with Crippen LogP contribution in [0.5, 0.6) is 0 Å². The van der Waals surface area contributed by atoms with Crippen molar-refractivity contribution in [1.82, 2.24) is 4.98 Å². The van der Waals surface area contributed by atoms with Gasteiger partial charge < -0.3 is 10.6 Å². The summed E-state index contributed by atoms with van der Waals surface area (Å²) < 4.78 is 50.7. The lowest BCUT2D eigenvalue weighted by molar-refractivity contribution is -0.137. The number of carbonyl (C=O) groups excluding carboxylic acids is 1. The Balaban J connectivity index is 1.71. The highest BCUT2D eigenvalue weighted by Gasteiger charge is 2.29. The summed E-state index contributed by atoms with van der Waals surface area (Å²) >= 11 is 0. The number of aromatic nitrogens is 1. The molecule has 2 aromatic carbocycles. The average molecular weight is 375 g/mol. The van der Waals surface area contributed by atoms with Gasteiger partial charge in [-0.1, -0.05) is 0 Å². The maximum Gasteiger partial charge on any atom is 0.416 e. The number of nitrogens with one attached hydrogen (secondary N) is 2. The highest BCUT2D eigenvalue weighted by atomic mass is 19.4. The highest BCUT2D eigenvalue weighted by Crippen LogP contribution is 2.30. The van der Waals surface area contributed by atoms with E-state index in [1.54, 1.807) is 0 Å². The van der Waals surface area contributed by atoms with Gasteiger partial charge in [0.05, 0.1) is 23.0 Å². The molecule has 138 valence electrons. The van der Waals surface area contributed by atoms with E-state index in [1.807, 2.05) is 0 Å². The summed E-state index contributed by atoms with van der Waals surface area (Å²) in [5, 5.41) is 5.49. The van der Waals surface area contributed by atoms with Crippen LogP contribution >= 0.6 is 0 Å². The van der Waals surface area contributed by atoms with Crippen molar-refractivity contribution in [2.75, 3.05) is 10.6 Å². The Kier molecular flexibility index (Phi) is 5.07. The normalized spacial score (nSPS) is 11.1. The summed E-state index contributed by atoms with van der Waals surface area (Å²) in [7, 11) is 0. The maximum atomic E-state index is 12.9. The Hall–Kier alpha value is -3.42. The molecule has 3 rings (SSSR count). The van der Waals surface area contributed by atoms with Gasteiger partial charge in [-0.3, -0.25) is 9.78 Å². The molecule has 2 N–H and O–H groups in total. The molecule has 0 spiro atoms. The molecule has 0 bridgehead atoms. The molecule has 0 atom stereocenters. The van der Waals surface area contributed by atoms with Crippen LogP contribution < -0.4 is 10.6 Å². The van der Waals surface area contributed by atoms with Crippen molar-refractivity contribution in [3.63, 3.8) is 0 Å². The molecule has 1 heterocycles. The van der Waals surface area contributed by atoms with Crippen LogP contribution in [0.1, 0.15) is 15.9 Å². The Labute approximate surface area is 151 Å². The van der Waals surface area contributed by atoms with E-state index in [1.165, 1.54) is 54.9 Å². The van der Waals surface area contributed by atoms with Crippen LogP contribution in [0.15, 0.2) is 67.0 Å². The number of rotatable bonds is 4. The van der Waals surface area contributed by atoms with Crippen molar-refractivity contribution in [2.24, 2.45) is 0 Å². The molecule has 0 aliphatic carbocycles. The number of halogens is 4. The molecule has 0 aliphatic heterocycles. The number of benzene rings is 2. The lowest BCUT2D eigenvalue weighted by Gasteiger charge is -2.10. The lowest BCUT2D eigenvalue weighted by atomic mass is 10.2. The molecule has 0 unspecified atom stereocenters. The van der Waals surface area contributed by atoms with Crippen LogP contribution in [0.4, 0.5) is 34.6 Å². The molecule has 0 aliphatic rings. The summed E-state index contributed by atoms with van der Waals surface area (Å²) in [5.41, 5.74) is 0.750. The first kappa shape index (κ1) is 18.4. The third-order valence-corrected chi connectivity index (χ3v) is 3.60. The first-order valence-electron chi connectivity index (χ1n) is 7.77. The SMILES string of the molecule is O=C(Nc1ccc(F)cc1)c1cncc(Nc2ccc(C(F)(F)F)cc2)c1. The van der Waals surface area contributed by atoms with Crippen LogP contribution in [0.2, 0.25) is 0 Å². The van der Waals surface area contributed by atoms with Gasteiger partial charge in [-0.05, 0) is 54.6 Å². The summed E-state index contributed by atoms with van der Waals surface area (Å²) in [4.78, 5) is 16.2. The Morgan fingerprint density at radius 1 is 0.852 bits per heavy atom. The number of pyridine rings is 1.